The standard InChI is InChI=1S/C25H24O4/c1-12-6-7-18-21(22(12)27)23(28)20-16(11-26)15-9-14-8-13(2)24(3,4)25(14,5)17(15)10-19(20)29-18/h6-8,10,26-27H,2,9,11H2,1,3-5H3/t25-/m1/s1. The van der Waals surface area contributed by atoms with Gasteiger partial charge in [0.1, 0.15) is 22.3 Å². The first-order valence-electron chi connectivity index (χ1n) is 9.88. The molecule has 0 amide bonds. The van der Waals surface area contributed by atoms with Crippen molar-refractivity contribution in [1.82, 2.24) is 0 Å². The van der Waals surface area contributed by atoms with Gasteiger partial charge in [-0.1, -0.05) is 45.1 Å². The Balaban J connectivity index is 1.96. The second-order valence-corrected chi connectivity index (χ2v) is 9.07. The summed E-state index contributed by atoms with van der Waals surface area (Å²) in [5.74, 6) is -0.0634. The summed E-state index contributed by atoms with van der Waals surface area (Å²) < 4.78 is 6.11. The van der Waals surface area contributed by atoms with E-state index in [-0.39, 0.29) is 34.0 Å². The molecule has 1 aromatic heterocycles. The molecular weight excluding hydrogens is 364 g/mol. The predicted octanol–water partition coefficient (Wildman–Crippen LogP) is 4.79. The molecule has 0 saturated carbocycles. The van der Waals surface area contributed by atoms with Gasteiger partial charge in [-0.25, -0.2) is 0 Å². The van der Waals surface area contributed by atoms with Crippen LogP contribution in [0.1, 0.15) is 43.0 Å². The van der Waals surface area contributed by atoms with E-state index in [1.54, 1.807) is 19.1 Å². The van der Waals surface area contributed by atoms with Crippen molar-refractivity contribution < 1.29 is 14.6 Å². The van der Waals surface area contributed by atoms with Crippen LogP contribution in [-0.4, -0.2) is 10.2 Å². The predicted molar refractivity (Wildman–Crippen MR) is 114 cm³/mol. The van der Waals surface area contributed by atoms with Crippen LogP contribution in [0.15, 0.2) is 51.2 Å². The molecule has 2 aromatic carbocycles. The van der Waals surface area contributed by atoms with E-state index in [1.807, 2.05) is 6.07 Å². The van der Waals surface area contributed by atoms with Crippen LogP contribution in [-0.2, 0) is 18.4 Å². The molecule has 4 nitrogen and oxygen atoms in total. The molecular formula is C25H24O4. The van der Waals surface area contributed by atoms with Crippen LogP contribution in [0.4, 0.5) is 0 Å². The number of rotatable bonds is 1. The summed E-state index contributed by atoms with van der Waals surface area (Å²) in [4.78, 5) is 13.4. The summed E-state index contributed by atoms with van der Waals surface area (Å²) in [7, 11) is 0. The van der Waals surface area contributed by atoms with E-state index in [0.29, 0.717) is 34.1 Å². The van der Waals surface area contributed by atoms with Gasteiger partial charge >= 0.3 is 0 Å². The second-order valence-electron chi connectivity index (χ2n) is 9.07. The van der Waals surface area contributed by atoms with Gasteiger partial charge in [0.05, 0.1) is 12.0 Å². The maximum Gasteiger partial charge on any atom is 0.204 e. The van der Waals surface area contributed by atoms with Gasteiger partial charge in [-0.15, -0.1) is 0 Å². The Hall–Kier alpha value is -2.85. The molecule has 0 saturated heterocycles. The maximum absolute atomic E-state index is 13.4. The van der Waals surface area contributed by atoms with Crippen molar-refractivity contribution in [3.8, 4) is 5.75 Å². The van der Waals surface area contributed by atoms with Gasteiger partial charge in [0.2, 0.25) is 5.43 Å². The third-order valence-corrected chi connectivity index (χ3v) is 7.64. The number of phenols is 1. The Morgan fingerprint density at radius 1 is 1.17 bits per heavy atom. The minimum atomic E-state index is -0.297. The molecule has 0 spiro atoms. The van der Waals surface area contributed by atoms with E-state index in [1.165, 1.54) is 5.57 Å². The first-order valence-corrected chi connectivity index (χ1v) is 9.88. The zero-order chi connectivity index (χ0) is 20.9. The fraction of sp³-hybridized carbons (Fsp3) is 0.320. The SMILES string of the molecule is C=C1C=C2Cc3c(cc4oc5ccc(C)c(O)c5c(=O)c4c3CO)[C@]2(C)C1(C)C. The van der Waals surface area contributed by atoms with Crippen molar-refractivity contribution >= 4 is 21.9 Å². The molecule has 0 unspecified atom stereocenters. The second kappa shape index (κ2) is 5.39. The quantitative estimate of drug-likeness (QED) is 0.588. The Bertz CT molecular complexity index is 1350. The van der Waals surface area contributed by atoms with Crippen molar-refractivity contribution in [1.29, 1.82) is 0 Å². The lowest BCUT2D eigenvalue weighted by atomic mass is 9.63. The van der Waals surface area contributed by atoms with Crippen molar-refractivity contribution in [2.45, 2.75) is 46.1 Å². The monoisotopic (exact) mass is 388 g/mol. The van der Waals surface area contributed by atoms with Gasteiger partial charge < -0.3 is 14.6 Å². The molecule has 1 heterocycles. The molecule has 2 N–H and O–H groups in total. The van der Waals surface area contributed by atoms with Crippen molar-refractivity contribution in [2.24, 2.45) is 5.41 Å². The number of aliphatic hydroxyl groups excluding tert-OH is 1. The van der Waals surface area contributed by atoms with Crippen molar-refractivity contribution in [2.75, 3.05) is 0 Å². The third-order valence-electron chi connectivity index (χ3n) is 7.64. The zero-order valence-corrected chi connectivity index (χ0v) is 17.1. The first kappa shape index (κ1) is 18.2. The number of hydrogen-bond donors (Lipinski definition) is 2. The number of hydrogen-bond acceptors (Lipinski definition) is 4. The lowest BCUT2D eigenvalue weighted by molar-refractivity contribution is 0.281. The molecule has 2 aliphatic carbocycles. The fourth-order valence-corrected chi connectivity index (χ4v) is 5.31. The molecule has 148 valence electrons. The van der Waals surface area contributed by atoms with Crippen molar-refractivity contribution in [3.63, 3.8) is 0 Å². The maximum atomic E-state index is 13.4. The Kier molecular flexibility index (Phi) is 3.38. The third kappa shape index (κ3) is 1.95. The topological polar surface area (TPSA) is 70.7 Å². The summed E-state index contributed by atoms with van der Waals surface area (Å²) in [5.41, 5.74) is 5.70. The number of allylic oxidation sites excluding steroid dienone is 3. The van der Waals surface area contributed by atoms with Crippen LogP contribution < -0.4 is 5.43 Å². The van der Waals surface area contributed by atoms with Gasteiger partial charge in [-0.05, 0) is 53.3 Å². The lowest BCUT2D eigenvalue weighted by Crippen LogP contribution is -2.35. The number of fused-ring (bicyclic) bond motifs is 5. The highest BCUT2D eigenvalue weighted by Crippen LogP contribution is 2.61. The number of aliphatic hydroxyl groups is 1. The smallest absolute Gasteiger partial charge is 0.204 e. The normalized spacial score (nSPS) is 22.2. The van der Waals surface area contributed by atoms with Gasteiger partial charge in [-0.3, -0.25) is 4.79 Å². The van der Waals surface area contributed by atoms with E-state index in [2.05, 4.69) is 33.4 Å². The molecule has 1 atom stereocenters. The molecule has 5 rings (SSSR count). The van der Waals surface area contributed by atoms with E-state index in [0.717, 1.165) is 16.7 Å². The lowest BCUT2D eigenvalue weighted by Gasteiger charge is -2.39. The number of benzene rings is 2. The molecule has 4 heteroatoms. The van der Waals surface area contributed by atoms with E-state index in [9.17, 15) is 15.0 Å². The van der Waals surface area contributed by atoms with Crippen LogP contribution in [0.5, 0.6) is 5.75 Å². The van der Waals surface area contributed by atoms with Gasteiger partial charge in [-0.2, -0.15) is 0 Å². The summed E-state index contributed by atoms with van der Waals surface area (Å²) >= 11 is 0. The molecule has 29 heavy (non-hydrogen) atoms. The first-order chi connectivity index (χ1) is 13.6. The molecule has 3 aromatic rings. The van der Waals surface area contributed by atoms with Crippen LogP contribution in [0, 0.1) is 12.3 Å². The summed E-state index contributed by atoms with van der Waals surface area (Å²) in [5, 5.41) is 21.3. The summed E-state index contributed by atoms with van der Waals surface area (Å²) in [6.45, 7) is 12.3. The van der Waals surface area contributed by atoms with Crippen molar-refractivity contribution in [3.05, 3.63) is 74.5 Å². The molecule has 2 aliphatic rings. The van der Waals surface area contributed by atoms with E-state index < -0.39 is 0 Å². The Morgan fingerprint density at radius 3 is 2.59 bits per heavy atom. The average molecular weight is 388 g/mol. The van der Waals surface area contributed by atoms with Crippen LogP contribution in [0.2, 0.25) is 0 Å². The van der Waals surface area contributed by atoms with E-state index >= 15 is 0 Å². The molecule has 0 radical (unpaired) electrons. The number of aryl methyl sites for hydroxylation is 1. The highest BCUT2D eigenvalue weighted by Gasteiger charge is 2.54. The van der Waals surface area contributed by atoms with E-state index in [4.69, 9.17) is 4.42 Å². The number of aromatic hydroxyl groups is 1. The molecule has 0 fully saturated rings. The molecule has 0 aliphatic heterocycles. The average Bonchev–Trinajstić information content (AvgIpc) is 3.04. The summed E-state index contributed by atoms with van der Waals surface area (Å²) in [6, 6.07) is 5.41. The Labute approximate surface area is 168 Å². The highest BCUT2D eigenvalue weighted by atomic mass is 16.3. The van der Waals surface area contributed by atoms with Gasteiger partial charge in [0.25, 0.3) is 0 Å². The minimum Gasteiger partial charge on any atom is -0.507 e. The van der Waals surface area contributed by atoms with Crippen LogP contribution >= 0.6 is 0 Å². The Morgan fingerprint density at radius 2 is 1.90 bits per heavy atom. The summed E-state index contributed by atoms with van der Waals surface area (Å²) in [6.07, 6.45) is 2.84. The van der Waals surface area contributed by atoms with Gasteiger partial charge in [0, 0.05) is 10.8 Å². The zero-order valence-electron chi connectivity index (χ0n) is 17.1. The minimum absolute atomic E-state index is 0.0634. The highest BCUT2D eigenvalue weighted by molar-refractivity contribution is 5.96. The van der Waals surface area contributed by atoms with Crippen LogP contribution in [0.3, 0.4) is 0 Å². The number of phenolic OH excluding ortho intramolecular Hbond substituents is 1. The fourth-order valence-electron chi connectivity index (χ4n) is 5.31. The van der Waals surface area contributed by atoms with Crippen LogP contribution in [0.25, 0.3) is 21.9 Å². The molecule has 0 bridgehead atoms. The van der Waals surface area contributed by atoms with Gasteiger partial charge in [0.15, 0.2) is 0 Å². The largest absolute Gasteiger partial charge is 0.507 e.